The Labute approximate surface area is 261 Å². The number of hydrogen-bond acceptors (Lipinski definition) is 9. The summed E-state index contributed by atoms with van der Waals surface area (Å²) in [5.74, 6) is 2.66. The minimum absolute atomic E-state index is 0.0410. The van der Waals surface area contributed by atoms with Gasteiger partial charge in [0.05, 0.1) is 29.1 Å². The van der Waals surface area contributed by atoms with Gasteiger partial charge in [-0.25, -0.2) is 24.7 Å². The molecule has 2 aliphatic rings. The number of piperidine rings is 1. The van der Waals surface area contributed by atoms with Crippen molar-refractivity contribution in [3.05, 3.63) is 66.9 Å². The van der Waals surface area contributed by atoms with Gasteiger partial charge in [-0.15, -0.1) is 0 Å². The zero-order valence-corrected chi connectivity index (χ0v) is 26.2. The minimum atomic E-state index is -0.517. The number of pyridine rings is 1. The first-order chi connectivity index (χ1) is 21.6. The Morgan fingerprint density at radius 3 is 2.51 bits per heavy atom. The molecule has 232 valence electrons. The van der Waals surface area contributed by atoms with Gasteiger partial charge in [-0.2, -0.15) is 0 Å². The lowest BCUT2D eigenvalue weighted by Crippen LogP contribution is -2.50. The van der Waals surface area contributed by atoms with Crippen LogP contribution in [0.25, 0.3) is 21.9 Å². The van der Waals surface area contributed by atoms with Crippen molar-refractivity contribution in [3.63, 3.8) is 0 Å². The number of aromatic nitrogens is 5. The van der Waals surface area contributed by atoms with Gasteiger partial charge >= 0.3 is 6.09 Å². The summed E-state index contributed by atoms with van der Waals surface area (Å²) >= 11 is 0. The van der Waals surface area contributed by atoms with E-state index in [1.807, 2.05) is 86.7 Å². The number of hydrogen-bond donors (Lipinski definition) is 1. The van der Waals surface area contributed by atoms with E-state index in [0.717, 1.165) is 64.9 Å². The first kappa shape index (κ1) is 28.8. The third kappa shape index (κ3) is 5.94. The normalized spacial score (nSPS) is 19.6. The van der Waals surface area contributed by atoms with E-state index in [0.29, 0.717) is 17.2 Å². The van der Waals surface area contributed by atoms with Crippen molar-refractivity contribution < 1.29 is 19.0 Å². The van der Waals surface area contributed by atoms with Gasteiger partial charge in [0, 0.05) is 55.2 Å². The van der Waals surface area contributed by atoms with Crippen LogP contribution in [-0.4, -0.2) is 59.3 Å². The molecule has 2 aromatic carbocycles. The number of aryl methyl sites for hydroxylation is 2. The first-order valence-electron chi connectivity index (χ1n) is 15.3. The van der Waals surface area contributed by atoms with Gasteiger partial charge in [0.2, 0.25) is 5.88 Å². The molecule has 2 fully saturated rings. The number of ether oxygens (including phenoxy) is 3. The van der Waals surface area contributed by atoms with E-state index in [1.54, 1.807) is 12.5 Å². The summed E-state index contributed by atoms with van der Waals surface area (Å²) in [6.45, 7) is 7.71. The number of imidazole rings is 1. The summed E-state index contributed by atoms with van der Waals surface area (Å²) in [6.07, 6.45) is 8.16. The second-order valence-corrected chi connectivity index (χ2v) is 13.0. The Morgan fingerprint density at radius 1 is 0.956 bits per heavy atom. The third-order valence-electron chi connectivity index (χ3n) is 8.44. The summed E-state index contributed by atoms with van der Waals surface area (Å²) in [5.41, 5.74) is 3.97. The van der Waals surface area contributed by atoms with Gasteiger partial charge in [0.25, 0.3) is 0 Å². The highest BCUT2D eigenvalue weighted by Crippen LogP contribution is 2.39. The van der Waals surface area contributed by atoms with Gasteiger partial charge in [0.1, 0.15) is 35.3 Å². The number of fused-ring (bicyclic) bond motifs is 4. The highest BCUT2D eigenvalue weighted by atomic mass is 16.6. The summed E-state index contributed by atoms with van der Waals surface area (Å²) in [6, 6.07) is 13.9. The van der Waals surface area contributed by atoms with E-state index < -0.39 is 5.60 Å². The molecule has 5 heterocycles. The van der Waals surface area contributed by atoms with Gasteiger partial charge in [-0.3, -0.25) is 0 Å². The molecule has 1 unspecified atom stereocenters. The van der Waals surface area contributed by atoms with E-state index in [1.165, 1.54) is 6.33 Å². The third-order valence-corrected chi connectivity index (χ3v) is 8.44. The van der Waals surface area contributed by atoms with Crippen molar-refractivity contribution in [2.45, 2.75) is 77.2 Å². The monoisotopic (exact) mass is 607 g/mol. The molecule has 0 aliphatic carbocycles. The lowest BCUT2D eigenvalue weighted by Gasteiger charge is -2.39. The average molecular weight is 608 g/mol. The number of benzene rings is 2. The van der Waals surface area contributed by atoms with Crippen molar-refractivity contribution in [1.29, 1.82) is 0 Å². The predicted molar refractivity (Wildman–Crippen MR) is 171 cm³/mol. The molecule has 45 heavy (non-hydrogen) atoms. The van der Waals surface area contributed by atoms with Crippen LogP contribution in [0.15, 0.2) is 61.3 Å². The zero-order valence-electron chi connectivity index (χ0n) is 26.2. The van der Waals surface area contributed by atoms with Gasteiger partial charge in [0.15, 0.2) is 0 Å². The predicted octanol–water partition coefficient (Wildman–Crippen LogP) is 7.07. The van der Waals surface area contributed by atoms with E-state index in [-0.39, 0.29) is 24.3 Å². The summed E-state index contributed by atoms with van der Waals surface area (Å²) < 4.78 is 20.3. The van der Waals surface area contributed by atoms with Gasteiger partial charge in [-0.05, 0) is 76.4 Å². The maximum absolute atomic E-state index is 12.9. The summed E-state index contributed by atoms with van der Waals surface area (Å²) in [7, 11) is 1.97. The van der Waals surface area contributed by atoms with Crippen LogP contribution in [-0.2, 0) is 11.8 Å². The number of amides is 1. The van der Waals surface area contributed by atoms with Gasteiger partial charge in [-0.1, -0.05) is 0 Å². The number of carbonyl (C=O) groups excluding carboxylic acids is 1. The SMILES string of the molecule is Cc1cc(Nc2ncnc3cnc(OC4C[C@H]5CC[C@@H](C4)N5C(=O)OC(C)(C)C)cc23)ccc1Oc1ccc2c(c1)ncn2C. The molecule has 2 saturated heterocycles. The van der Waals surface area contributed by atoms with E-state index in [9.17, 15) is 4.79 Å². The molecule has 5 aromatic rings. The lowest BCUT2D eigenvalue weighted by molar-refractivity contribution is -0.00757. The molecule has 1 amide bonds. The highest BCUT2D eigenvalue weighted by molar-refractivity contribution is 5.90. The molecule has 3 atom stereocenters. The van der Waals surface area contributed by atoms with Crippen LogP contribution < -0.4 is 14.8 Å². The van der Waals surface area contributed by atoms with Crippen LogP contribution in [0, 0.1) is 6.92 Å². The van der Waals surface area contributed by atoms with Crippen LogP contribution in [0.4, 0.5) is 16.3 Å². The maximum Gasteiger partial charge on any atom is 0.410 e. The highest BCUT2D eigenvalue weighted by Gasteiger charge is 2.45. The topological polar surface area (TPSA) is 117 Å². The standard InChI is InChI=1S/C34H37N7O4/c1-20-12-21(6-11-30(20)43-24-9-10-29-27(15-24)38-19-40(29)5)39-32-26-16-31(35-17-28(26)36-18-37-32)44-25-13-22-7-8-23(14-25)41(22)33(42)45-34(2,3)4/h6,9-12,15-19,22-23,25H,7-8,13-14H2,1-5H3,(H,36,37,39)/t22-,23+,25?. The molecule has 0 spiro atoms. The Balaban J connectivity index is 1.05. The molecule has 0 radical (unpaired) electrons. The molecule has 1 N–H and O–H groups in total. The molecule has 11 nitrogen and oxygen atoms in total. The van der Waals surface area contributed by atoms with Crippen molar-refractivity contribution in [1.82, 2.24) is 29.4 Å². The van der Waals surface area contributed by atoms with Crippen molar-refractivity contribution >= 4 is 39.5 Å². The van der Waals surface area contributed by atoms with Crippen LogP contribution in [0.5, 0.6) is 17.4 Å². The zero-order chi connectivity index (χ0) is 31.3. The summed E-state index contributed by atoms with van der Waals surface area (Å²) in [5, 5.41) is 4.24. The van der Waals surface area contributed by atoms with Crippen LogP contribution in [0.1, 0.15) is 52.0 Å². The van der Waals surface area contributed by atoms with Crippen LogP contribution in [0.3, 0.4) is 0 Å². The number of anilines is 2. The number of nitrogens with zero attached hydrogens (tertiary/aromatic N) is 6. The molecule has 7 rings (SSSR count). The fourth-order valence-electron chi connectivity index (χ4n) is 6.40. The molecular formula is C34H37N7O4. The number of rotatable bonds is 6. The Bertz CT molecular complexity index is 1890. The quantitative estimate of drug-likeness (QED) is 0.216. The van der Waals surface area contributed by atoms with E-state index in [2.05, 4.69) is 25.3 Å². The van der Waals surface area contributed by atoms with E-state index in [4.69, 9.17) is 14.2 Å². The molecule has 2 bridgehead atoms. The second kappa shape index (κ2) is 11.2. The lowest BCUT2D eigenvalue weighted by atomic mass is 10.0. The van der Waals surface area contributed by atoms with Gasteiger partial charge < -0.3 is 29.0 Å². The Hall–Kier alpha value is -4.93. The average Bonchev–Trinajstić information content (AvgIpc) is 3.49. The molecular weight excluding hydrogens is 570 g/mol. The second-order valence-electron chi connectivity index (χ2n) is 13.0. The molecule has 0 saturated carbocycles. The number of nitrogens with one attached hydrogen (secondary N) is 1. The fraction of sp³-hybridized carbons (Fsp3) is 0.382. The molecule has 3 aromatic heterocycles. The van der Waals surface area contributed by atoms with Crippen molar-refractivity contribution in [2.24, 2.45) is 7.05 Å². The Morgan fingerprint density at radius 2 is 1.76 bits per heavy atom. The Kier molecular flexibility index (Phi) is 7.18. The van der Waals surface area contributed by atoms with E-state index >= 15 is 0 Å². The van der Waals surface area contributed by atoms with Crippen LogP contribution in [0.2, 0.25) is 0 Å². The molecule has 2 aliphatic heterocycles. The summed E-state index contributed by atoms with van der Waals surface area (Å²) in [4.78, 5) is 32.7. The first-order valence-corrected chi connectivity index (χ1v) is 15.3. The minimum Gasteiger partial charge on any atom is -0.474 e. The fourth-order valence-corrected chi connectivity index (χ4v) is 6.40. The number of carbonyl (C=O) groups is 1. The maximum atomic E-state index is 12.9. The van der Waals surface area contributed by atoms with Crippen LogP contribution >= 0.6 is 0 Å². The van der Waals surface area contributed by atoms with Crippen molar-refractivity contribution in [3.8, 4) is 17.4 Å². The molecule has 11 heteroatoms. The van der Waals surface area contributed by atoms with Crippen molar-refractivity contribution in [2.75, 3.05) is 5.32 Å². The largest absolute Gasteiger partial charge is 0.474 e. The smallest absolute Gasteiger partial charge is 0.410 e.